The predicted octanol–water partition coefficient (Wildman–Crippen LogP) is 5.33. The van der Waals surface area contributed by atoms with Gasteiger partial charge in [-0.15, -0.1) is 0 Å². The number of halogens is 1. The van der Waals surface area contributed by atoms with Crippen LogP contribution in [0.2, 0.25) is 5.02 Å². The number of fused-ring (bicyclic) bond motifs is 2. The van der Waals surface area contributed by atoms with Gasteiger partial charge in [0.25, 0.3) is 6.02 Å². The summed E-state index contributed by atoms with van der Waals surface area (Å²) in [6.45, 7) is 1.06. The van der Waals surface area contributed by atoms with Gasteiger partial charge in [0.2, 0.25) is 0 Å². The van der Waals surface area contributed by atoms with Crippen molar-refractivity contribution in [1.82, 2.24) is 0 Å². The first-order valence-corrected chi connectivity index (χ1v) is 9.40. The Kier molecular flexibility index (Phi) is 4.29. The average Bonchev–Trinajstić information content (AvgIpc) is 2.72. The van der Waals surface area contributed by atoms with Crippen molar-refractivity contribution in [2.45, 2.75) is 6.10 Å². The molecule has 0 amide bonds. The Morgan fingerprint density at radius 3 is 2.46 bits per heavy atom. The van der Waals surface area contributed by atoms with Crippen molar-refractivity contribution < 1.29 is 14.2 Å². The van der Waals surface area contributed by atoms with Gasteiger partial charge in [-0.1, -0.05) is 48.0 Å². The van der Waals surface area contributed by atoms with Crippen molar-refractivity contribution in [2.24, 2.45) is 4.99 Å². The molecule has 0 aliphatic carbocycles. The maximum Gasteiger partial charge on any atom is 0.295 e. The van der Waals surface area contributed by atoms with Crippen LogP contribution in [0.5, 0.6) is 11.5 Å². The van der Waals surface area contributed by atoms with E-state index in [4.69, 9.17) is 25.8 Å². The smallest absolute Gasteiger partial charge is 0.295 e. The molecule has 0 bridgehead atoms. The summed E-state index contributed by atoms with van der Waals surface area (Å²) in [6.07, 6.45) is -0.314. The van der Waals surface area contributed by atoms with Crippen molar-refractivity contribution >= 4 is 29.0 Å². The summed E-state index contributed by atoms with van der Waals surface area (Å²) in [4.78, 5) is 4.66. The molecule has 2 aliphatic heterocycles. The zero-order chi connectivity index (χ0) is 18.9. The van der Waals surface area contributed by atoms with E-state index in [0.717, 1.165) is 28.3 Å². The quantitative estimate of drug-likeness (QED) is 0.640. The lowest BCUT2D eigenvalue weighted by atomic mass is 9.98. The Bertz CT molecular complexity index is 1050. The Hall–Kier alpha value is -3.18. The minimum Gasteiger partial charge on any atom is -0.486 e. The highest BCUT2D eigenvalue weighted by Gasteiger charge is 2.29. The molecule has 0 saturated heterocycles. The molecule has 28 heavy (non-hydrogen) atoms. The summed E-state index contributed by atoms with van der Waals surface area (Å²) >= 11 is 6.10. The number of benzene rings is 3. The van der Waals surface area contributed by atoms with Gasteiger partial charge in [0.1, 0.15) is 13.2 Å². The Balaban J connectivity index is 1.58. The lowest BCUT2D eigenvalue weighted by Gasteiger charge is -2.28. The molecule has 0 saturated carbocycles. The van der Waals surface area contributed by atoms with Gasteiger partial charge in [-0.3, -0.25) is 0 Å². The van der Waals surface area contributed by atoms with E-state index < -0.39 is 0 Å². The lowest BCUT2D eigenvalue weighted by molar-refractivity contribution is 0.170. The van der Waals surface area contributed by atoms with Crippen LogP contribution in [0, 0.1) is 0 Å². The Morgan fingerprint density at radius 2 is 1.68 bits per heavy atom. The molecule has 0 spiro atoms. The number of hydrogen-bond donors (Lipinski definition) is 1. The van der Waals surface area contributed by atoms with Gasteiger partial charge in [-0.2, -0.15) is 4.99 Å². The lowest BCUT2D eigenvalue weighted by Crippen LogP contribution is -2.24. The molecule has 5 nitrogen and oxygen atoms in total. The van der Waals surface area contributed by atoms with Crippen LogP contribution in [0.15, 0.2) is 71.7 Å². The third-order valence-corrected chi connectivity index (χ3v) is 4.84. The first-order valence-electron chi connectivity index (χ1n) is 9.03. The fourth-order valence-corrected chi connectivity index (χ4v) is 3.52. The molecule has 2 aliphatic rings. The Labute approximate surface area is 167 Å². The zero-order valence-electron chi connectivity index (χ0n) is 14.9. The van der Waals surface area contributed by atoms with E-state index in [1.165, 1.54) is 0 Å². The van der Waals surface area contributed by atoms with E-state index in [-0.39, 0.29) is 6.10 Å². The maximum absolute atomic E-state index is 6.23. The molecule has 1 atom stereocenters. The zero-order valence-corrected chi connectivity index (χ0v) is 15.6. The van der Waals surface area contributed by atoms with Crippen LogP contribution in [0.25, 0.3) is 0 Å². The third kappa shape index (κ3) is 3.25. The van der Waals surface area contributed by atoms with Crippen molar-refractivity contribution in [3.63, 3.8) is 0 Å². The van der Waals surface area contributed by atoms with Gasteiger partial charge in [0, 0.05) is 22.3 Å². The SMILES string of the molecule is Clc1cccc(NC2=Nc3cc4c(cc3[C@H](c3ccccc3)O2)OCCO4)c1. The maximum atomic E-state index is 6.23. The average molecular weight is 393 g/mol. The number of hydrogen-bond acceptors (Lipinski definition) is 5. The van der Waals surface area contributed by atoms with Crippen molar-refractivity contribution in [1.29, 1.82) is 0 Å². The normalized spacial score (nSPS) is 17.2. The van der Waals surface area contributed by atoms with E-state index in [2.05, 4.69) is 10.3 Å². The van der Waals surface area contributed by atoms with Crippen LogP contribution >= 0.6 is 11.6 Å². The highest BCUT2D eigenvalue weighted by molar-refractivity contribution is 6.30. The number of nitrogens with zero attached hydrogens (tertiary/aromatic N) is 1. The molecule has 1 N–H and O–H groups in total. The molecule has 5 rings (SSSR count). The number of nitrogens with one attached hydrogen (secondary N) is 1. The molecular weight excluding hydrogens is 376 g/mol. The Morgan fingerprint density at radius 1 is 0.893 bits per heavy atom. The molecule has 0 radical (unpaired) electrons. The van der Waals surface area contributed by atoms with Crippen molar-refractivity contribution in [3.05, 3.63) is 82.9 Å². The van der Waals surface area contributed by atoms with Gasteiger partial charge in [0.05, 0.1) is 5.69 Å². The summed E-state index contributed by atoms with van der Waals surface area (Å²) in [7, 11) is 0. The fourth-order valence-electron chi connectivity index (χ4n) is 3.33. The minimum absolute atomic E-state index is 0.314. The van der Waals surface area contributed by atoms with E-state index in [1.54, 1.807) is 0 Å². The van der Waals surface area contributed by atoms with Crippen LogP contribution in [-0.4, -0.2) is 19.2 Å². The molecular formula is C22H17ClN2O3. The topological polar surface area (TPSA) is 52.1 Å². The van der Waals surface area contributed by atoms with Crippen LogP contribution in [0.4, 0.5) is 11.4 Å². The second-order valence-corrected chi connectivity index (χ2v) is 6.95. The molecule has 140 valence electrons. The summed E-state index contributed by atoms with van der Waals surface area (Å²) in [5.74, 6) is 1.42. The fraction of sp³-hybridized carbons (Fsp3) is 0.136. The largest absolute Gasteiger partial charge is 0.486 e. The van der Waals surface area contributed by atoms with Crippen molar-refractivity contribution in [2.75, 3.05) is 18.5 Å². The number of amidine groups is 1. The van der Waals surface area contributed by atoms with Crippen molar-refractivity contribution in [3.8, 4) is 11.5 Å². The number of ether oxygens (including phenoxy) is 3. The monoisotopic (exact) mass is 392 g/mol. The molecule has 6 heteroatoms. The molecule has 0 unspecified atom stereocenters. The highest BCUT2D eigenvalue weighted by Crippen LogP contribution is 2.44. The van der Waals surface area contributed by atoms with E-state index >= 15 is 0 Å². The summed E-state index contributed by atoms with van der Waals surface area (Å²) in [6, 6.07) is 21.7. The number of aliphatic imine (C=N–C) groups is 1. The first-order chi connectivity index (χ1) is 13.8. The van der Waals surface area contributed by atoms with Crippen LogP contribution < -0.4 is 14.8 Å². The van der Waals surface area contributed by atoms with E-state index in [1.807, 2.05) is 66.7 Å². The molecule has 3 aromatic carbocycles. The second-order valence-electron chi connectivity index (χ2n) is 6.52. The van der Waals surface area contributed by atoms with Gasteiger partial charge in [-0.05, 0) is 29.8 Å². The summed E-state index contributed by atoms with van der Waals surface area (Å²) in [5, 5.41) is 3.85. The van der Waals surface area contributed by atoms with Gasteiger partial charge in [-0.25, -0.2) is 0 Å². The molecule has 3 aromatic rings. The summed E-state index contributed by atoms with van der Waals surface area (Å²) < 4.78 is 17.7. The van der Waals surface area contributed by atoms with Gasteiger partial charge in [0.15, 0.2) is 17.6 Å². The van der Waals surface area contributed by atoms with Crippen LogP contribution in [-0.2, 0) is 4.74 Å². The van der Waals surface area contributed by atoms with Gasteiger partial charge < -0.3 is 19.5 Å². The van der Waals surface area contributed by atoms with E-state index in [9.17, 15) is 0 Å². The van der Waals surface area contributed by atoms with Crippen LogP contribution in [0.1, 0.15) is 17.2 Å². The van der Waals surface area contributed by atoms with E-state index in [0.29, 0.717) is 30.0 Å². The second kappa shape index (κ2) is 7.09. The summed E-state index contributed by atoms with van der Waals surface area (Å²) in [5.41, 5.74) is 3.56. The van der Waals surface area contributed by atoms with Crippen LogP contribution in [0.3, 0.4) is 0 Å². The number of anilines is 1. The predicted molar refractivity (Wildman–Crippen MR) is 109 cm³/mol. The van der Waals surface area contributed by atoms with Gasteiger partial charge >= 0.3 is 0 Å². The third-order valence-electron chi connectivity index (χ3n) is 4.60. The first kappa shape index (κ1) is 17.0. The molecule has 2 heterocycles. The minimum atomic E-state index is -0.314. The number of rotatable bonds is 2. The molecule has 0 aromatic heterocycles. The standard InChI is InChI=1S/C22H17ClN2O3/c23-15-7-4-8-16(11-15)24-22-25-18-13-20-19(26-9-10-27-20)12-17(18)21(28-22)14-5-2-1-3-6-14/h1-8,11-13,21H,9-10H2,(H,24,25)/t21-/m0/s1. The molecule has 0 fully saturated rings. The highest BCUT2D eigenvalue weighted by atomic mass is 35.5.